The van der Waals surface area contributed by atoms with Crippen LogP contribution < -0.4 is 10.6 Å². The van der Waals surface area contributed by atoms with Crippen LogP contribution in [0.25, 0.3) is 0 Å². The van der Waals surface area contributed by atoms with E-state index in [1.165, 1.54) is 22.7 Å². The van der Waals surface area contributed by atoms with Crippen molar-refractivity contribution in [1.29, 1.82) is 0 Å². The van der Waals surface area contributed by atoms with Gasteiger partial charge >= 0.3 is 6.03 Å². The molecule has 2 aromatic heterocycles. The van der Waals surface area contributed by atoms with Crippen molar-refractivity contribution in [1.82, 2.24) is 15.2 Å². The van der Waals surface area contributed by atoms with E-state index in [4.69, 9.17) is 0 Å². The molecule has 0 radical (unpaired) electrons. The first kappa shape index (κ1) is 18.3. The van der Waals surface area contributed by atoms with Crippen molar-refractivity contribution < 1.29 is 14.4 Å². The van der Waals surface area contributed by atoms with Crippen molar-refractivity contribution in [2.45, 2.75) is 18.5 Å². The van der Waals surface area contributed by atoms with E-state index in [0.29, 0.717) is 5.13 Å². The van der Waals surface area contributed by atoms with Gasteiger partial charge in [0, 0.05) is 22.9 Å². The number of benzene rings is 1. The summed E-state index contributed by atoms with van der Waals surface area (Å²) in [6.07, 6.45) is 1.79. The van der Waals surface area contributed by atoms with Crippen LogP contribution in [0.1, 0.15) is 16.5 Å². The van der Waals surface area contributed by atoms with Crippen molar-refractivity contribution in [3.05, 3.63) is 69.9 Å². The molecule has 0 aliphatic carbocycles. The minimum atomic E-state index is -0.983. The minimum Gasteiger partial charge on any atom is -0.321 e. The molecule has 142 valence electrons. The quantitative estimate of drug-likeness (QED) is 0.609. The van der Waals surface area contributed by atoms with E-state index < -0.39 is 29.9 Å². The average molecular weight is 412 g/mol. The maximum atomic E-state index is 13.0. The number of carbonyl (C=O) groups excluding carboxylic acids is 3. The van der Waals surface area contributed by atoms with Crippen molar-refractivity contribution in [3.8, 4) is 0 Å². The van der Waals surface area contributed by atoms with Crippen LogP contribution in [0.3, 0.4) is 0 Å². The van der Waals surface area contributed by atoms with Gasteiger partial charge in [0.05, 0.1) is 0 Å². The number of nitrogens with zero attached hydrogens (tertiary/aromatic N) is 2. The van der Waals surface area contributed by atoms with Gasteiger partial charge in [-0.1, -0.05) is 36.4 Å². The number of thiophene rings is 1. The predicted molar refractivity (Wildman–Crippen MR) is 107 cm³/mol. The maximum absolute atomic E-state index is 13.0. The molecule has 3 aromatic rings. The van der Waals surface area contributed by atoms with Crippen molar-refractivity contribution in [2.75, 3.05) is 5.32 Å². The number of urea groups is 1. The predicted octanol–water partition coefficient (Wildman–Crippen LogP) is 3.05. The fraction of sp³-hybridized carbons (Fsp3) is 0.158. The van der Waals surface area contributed by atoms with Crippen LogP contribution >= 0.6 is 22.7 Å². The third kappa shape index (κ3) is 3.67. The molecule has 4 amide bonds. The number of rotatable bonds is 6. The highest BCUT2D eigenvalue weighted by Gasteiger charge is 2.45. The molecule has 1 aliphatic heterocycles. The van der Waals surface area contributed by atoms with Gasteiger partial charge < -0.3 is 10.6 Å². The summed E-state index contributed by atoms with van der Waals surface area (Å²) in [6.45, 7) is 0. The summed E-state index contributed by atoms with van der Waals surface area (Å²) < 4.78 is 0. The summed E-state index contributed by atoms with van der Waals surface area (Å²) in [6, 6.07) is 10.6. The smallest absolute Gasteiger partial charge is 0.321 e. The number of anilines is 1. The van der Waals surface area contributed by atoms with Crippen LogP contribution in [-0.2, 0) is 16.0 Å². The molecule has 2 N–H and O–H groups in total. The highest BCUT2D eigenvalue weighted by atomic mass is 32.1. The molecule has 1 fully saturated rings. The SMILES string of the molecule is O=C(Nc1nccs1)[C@H](Cc1ccccc1)N1C(=O)NC(c2cccs2)C1=O. The van der Waals surface area contributed by atoms with Gasteiger partial charge in [-0.05, 0) is 17.0 Å². The second-order valence-electron chi connectivity index (χ2n) is 6.14. The van der Waals surface area contributed by atoms with Crippen molar-refractivity contribution >= 4 is 45.7 Å². The van der Waals surface area contributed by atoms with E-state index in [0.717, 1.165) is 15.3 Å². The van der Waals surface area contributed by atoms with E-state index in [-0.39, 0.29) is 6.42 Å². The first-order valence-corrected chi connectivity index (χ1v) is 10.3. The maximum Gasteiger partial charge on any atom is 0.325 e. The molecule has 28 heavy (non-hydrogen) atoms. The Kier molecular flexibility index (Phi) is 5.18. The van der Waals surface area contributed by atoms with Gasteiger partial charge in [-0.25, -0.2) is 14.7 Å². The van der Waals surface area contributed by atoms with Crippen molar-refractivity contribution in [3.63, 3.8) is 0 Å². The zero-order chi connectivity index (χ0) is 19.5. The Morgan fingerprint density at radius 1 is 1.14 bits per heavy atom. The number of hydrogen-bond acceptors (Lipinski definition) is 6. The van der Waals surface area contributed by atoms with Crippen molar-refractivity contribution in [2.24, 2.45) is 0 Å². The fourth-order valence-electron chi connectivity index (χ4n) is 3.05. The van der Waals surface area contributed by atoms with E-state index in [1.54, 1.807) is 17.6 Å². The summed E-state index contributed by atoms with van der Waals surface area (Å²) in [5.41, 5.74) is 0.849. The molecule has 1 aliphatic rings. The molecule has 1 unspecified atom stereocenters. The van der Waals surface area contributed by atoms with E-state index in [1.807, 2.05) is 41.8 Å². The van der Waals surface area contributed by atoms with Gasteiger partial charge in [0.15, 0.2) is 5.13 Å². The molecular weight excluding hydrogens is 396 g/mol. The zero-order valence-corrected chi connectivity index (χ0v) is 16.2. The number of nitrogens with one attached hydrogen (secondary N) is 2. The van der Waals surface area contributed by atoms with Crippen LogP contribution in [0.15, 0.2) is 59.4 Å². The Balaban J connectivity index is 1.63. The van der Waals surface area contributed by atoms with E-state index in [2.05, 4.69) is 15.6 Å². The summed E-state index contributed by atoms with van der Waals surface area (Å²) in [4.78, 5) is 44.4. The molecule has 0 bridgehead atoms. The standard InChI is InChI=1S/C19H16N4O3S2/c24-16(22-18-20-8-10-28-18)13(11-12-5-2-1-3-6-12)23-17(25)15(21-19(23)26)14-7-4-9-27-14/h1-10,13,15H,11H2,(H,21,26)(H,20,22,24)/t13-,15?/m0/s1. The Hall–Kier alpha value is -3.04. The number of carbonyl (C=O) groups is 3. The zero-order valence-electron chi connectivity index (χ0n) is 14.6. The largest absolute Gasteiger partial charge is 0.325 e. The molecule has 2 atom stereocenters. The lowest BCUT2D eigenvalue weighted by Crippen LogP contribution is -2.49. The third-order valence-electron chi connectivity index (χ3n) is 4.35. The summed E-state index contributed by atoms with van der Waals surface area (Å²) in [5.74, 6) is -0.878. The highest BCUT2D eigenvalue weighted by Crippen LogP contribution is 2.28. The number of hydrogen-bond donors (Lipinski definition) is 2. The topological polar surface area (TPSA) is 91.4 Å². The molecule has 1 aromatic carbocycles. The van der Waals surface area contributed by atoms with Gasteiger partial charge in [0.25, 0.3) is 5.91 Å². The molecule has 3 heterocycles. The van der Waals surface area contributed by atoms with Crippen LogP contribution in [0.2, 0.25) is 0 Å². The lowest BCUT2D eigenvalue weighted by Gasteiger charge is -2.24. The molecule has 0 saturated carbocycles. The van der Waals surface area contributed by atoms with Gasteiger partial charge in [-0.3, -0.25) is 9.59 Å². The second-order valence-corrected chi connectivity index (χ2v) is 8.01. The lowest BCUT2D eigenvalue weighted by molar-refractivity contribution is -0.134. The van der Waals surface area contributed by atoms with Crippen LogP contribution in [0, 0.1) is 0 Å². The summed E-state index contributed by atoms with van der Waals surface area (Å²) in [5, 5.41) is 9.40. The molecule has 7 nitrogen and oxygen atoms in total. The molecular formula is C19H16N4O3S2. The van der Waals surface area contributed by atoms with Gasteiger partial charge in [-0.15, -0.1) is 22.7 Å². The molecule has 4 rings (SSSR count). The van der Waals surface area contributed by atoms with Crippen LogP contribution in [0.4, 0.5) is 9.93 Å². The Bertz CT molecular complexity index is 974. The Labute approximate surface area is 169 Å². The third-order valence-corrected chi connectivity index (χ3v) is 5.97. The van der Waals surface area contributed by atoms with Crippen LogP contribution in [-0.4, -0.2) is 33.8 Å². The highest BCUT2D eigenvalue weighted by molar-refractivity contribution is 7.13. The van der Waals surface area contributed by atoms with Gasteiger partial charge in [0.1, 0.15) is 12.1 Å². The van der Waals surface area contributed by atoms with Crippen LogP contribution in [0.5, 0.6) is 0 Å². The number of thiazole rings is 1. The van der Waals surface area contributed by atoms with Gasteiger partial charge in [0.2, 0.25) is 5.91 Å². The summed E-state index contributed by atoms with van der Waals surface area (Å²) in [7, 11) is 0. The number of aromatic nitrogens is 1. The lowest BCUT2D eigenvalue weighted by atomic mass is 10.0. The molecule has 0 spiro atoms. The molecule has 1 saturated heterocycles. The average Bonchev–Trinajstić information content (AvgIpc) is 3.44. The summed E-state index contributed by atoms with van der Waals surface area (Å²) >= 11 is 2.66. The number of amides is 4. The Morgan fingerprint density at radius 2 is 1.96 bits per heavy atom. The Morgan fingerprint density at radius 3 is 2.64 bits per heavy atom. The first-order chi connectivity index (χ1) is 13.6. The van der Waals surface area contributed by atoms with E-state index >= 15 is 0 Å². The molecule has 9 heteroatoms. The number of imide groups is 1. The monoisotopic (exact) mass is 412 g/mol. The first-order valence-electron chi connectivity index (χ1n) is 8.55. The fourth-order valence-corrected chi connectivity index (χ4v) is 4.35. The normalized spacial score (nSPS) is 17.4. The second kappa shape index (κ2) is 7.91. The minimum absolute atomic E-state index is 0.217. The van der Waals surface area contributed by atoms with E-state index in [9.17, 15) is 14.4 Å². The van der Waals surface area contributed by atoms with Gasteiger partial charge in [-0.2, -0.15) is 0 Å².